The molecule has 1 aromatic carbocycles. The Hall–Kier alpha value is -1.03. The lowest BCUT2D eigenvalue weighted by Crippen LogP contribution is -2.43. The third-order valence-electron chi connectivity index (χ3n) is 4.00. The maximum absolute atomic E-state index is 13.6. The summed E-state index contributed by atoms with van der Waals surface area (Å²) in [6.45, 7) is 2.60. The Morgan fingerprint density at radius 3 is 2.68 bits per heavy atom. The van der Waals surface area contributed by atoms with Crippen molar-refractivity contribution in [1.82, 2.24) is 9.62 Å². The van der Waals surface area contributed by atoms with Crippen LogP contribution in [-0.2, 0) is 14.8 Å². The van der Waals surface area contributed by atoms with Crippen LogP contribution in [0, 0.1) is 5.82 Å². The van der Waals surface area contributed by atoms with Crippen molar-refractivity contribution in [1.29, 1.82) is 0 Å². The third-order valence-corrected chi connectivity index (χ3v) is 7.15. The molecule has 1 aliphatic heterocycles. The van der Waals surface area contributed by atoms with Gasteiger partial charge in [0.1, 0.15) is 10.0 Å². The first-order valence-corrected chi connectivity index (χ1v) is 10.5. The molecule has 2 aromatic rings. The van der Waals surface area contributed by atoms with Gasteiger partial charge in [0.05, 0.1) is 17.6 Å². The molecule has 0 saturated carbocycles. The van der Waals surface area contributed by atoms with Crippen molar-refractivity contribution in [3.8, 4) is 0 Å². The van der Waals surface area contributed by atoms with Crippen LogP contribution >= 0.6 is 22.9 Å². The second-order valence-electron chi connectivity index (χ2n) is 5.63. The van der Waals surface area contributed by atoms with Gasteiger partial charge >= 0.3 is 0 Å². The molecule has 3 rings (SSSR count). The van der Waals surface area contributed by atoms with E-state index in [1.165, 1.54) is 18.2 Å². The van der Waals surface area contributed by atoms with Gasteiger partial charge in [-0.15, -0.1) is 11.3 Å². The number of hydrogen-bond donors (Lipinski definition) is 1. The molecule has 0 spiro atoms. The van der Waals surface area contributed by atoms with E-state index in [-0.39, 0.29) is 22.6 Å². The number of benzene rings is 1. The number of halogens is 2. The van der Waals surface area contributed by atoms with Crippen LogP contribution in [0.3, 0.4) is 0 Å². The molecule has 1 saturated heterocycles. The van der Waals surface area contributed by atoms with Gasteiger partial charge in [0.15, 0.2) is 0 Å². The number of nitrogens with one attached hydrogen (secondary N) is 1. The molecular formula is C16H18ClFN2O3S2. The molecule has 0 amide bonds. The average Bonchev–Trinajstić information content (AvgIpc) is 3.03. The molecule has 0 bridgehead atoms. The molecule has 1 unspecified atom stereocenters. The van der Waals surface area contributed by atoms with Crippen LogP contribution in [0.2, 0.25) is 4.34 Å². The van der Waals surface area contributed by atoms with E-state index >= 15 is 0 Å². The van der Waals surface area contributed by atoms with Crippen LogP contribution in [0.5, 0.6) is 0 Å². The summed E-state index contributed by atoms with van der Waals surface area (Å²) < 4.78 is 47.1. The van der Waals surface area contributed by atoms with Gasteiger partial charge in [-0.2, -0.15) is 0 Å². The Bertz CT molecular complexity index is 822. The van der Waals surface area contributed by atoms with E-state index in [0.717, 1.165) is 16.9 Å². The molecule has 5 nitrogen and oxygen atoms in total. The lowest BCUT2D eigenvalue weighted by atomic mass is 10.0. The van der Waals surface area contributed by atoms with Crippen LogP contribution in [0.25, 0.3) is 0 Å². The van der Waals surface area contributed by atoms with E-state index < -0.39 is 10.0 Å². The second-order valence-corrected chi connectivity index (χ2v) is 9.34. The fourth-order valence-corrected chi connectivity index (χ4v) is 5.33. The third kappa shape index (κ3) is 4.78. The number of thiophene rings is 1. The quantitative estimate of drug-likeness (QED) is 0.804. The van der Waals surface area contributed by atoms with Gasteiger partial charge in [0.2, 0.25) is 10.0 Å². The fourth-order valence-electron chi connectivity index (χ4n) is 2.76. The maximum Gasteiger partial charge on any atom is 0.250 e. The van der Waals surface area contributed by atoms with Crippen LogP contribution in [-0.4, -0.2) is 46.2 Å². The number of nitrogens with zero attached hydrogens (tertiary/aromatic N) is 1. The van der Waals surface area contributed by atoms with E-state index in [1.54, 1.807) is 18.2 Å². The van der Waals surface area contributed by atoms with E-state index in [4.69, 9.17) is 16.3 Å². The average molecular weight is 405 g/mol. The molecular weight excluding hydrogens is 387 g/mol. The van der Waals surface area contributed by atoms with E-state index in [0.29, 0.717) is 30.6 Å². The van der Waals surface area contributed by atoms with E-state index in [9.17, 15) is 12.8 Å². The zero-order valence-electron chi connectivity index (χ0n) is 13.3. The first-order valence-electron chi connectivity index (χ1n) is 7.78. The Balaban J connectivity index is 1.80. The zero-order valence-corrected chi connectivity index (χ0v) is 15.7. The van der Waals surface area contributed by atoms with Gasteiger partial charge in [0.25, 0.3) is 0 Å². The van der Waals surface area contributed by atoms with Gasteiger partial charge in [-0.05, 0) is 29.8 Å². The number of ether oxygens (including phenoxy) is 1. The summed E-state index contributed by atoms with van der Waals surface area (Å²) in [5.74, 6) is -0.344. The number of rotatable bonds is 6. The summed E-state index contributed by atoms with van der Waals surface area (Å²) in [5.41, 5.74) is 0.730. The van der Waals surface area contributed by atoms with Crippen molar-refractivity contribution in [2.75, 3.05) is 32.8 Å². The summed E-state index contributed by atoms with van der Waals surface area (Å²) in [6, 6.07) is 9.00. The highest BCUT2D eigenvalue weighted by Crippen LogP contribution is 2.27. The first kappa shape index (κ1) is 18.8. The predicted molar refractivity (Wildman–Crippen MR) is 96.1 cm³/mol. The molecule has 2 heterocycles. The van der Waals surface area contributed by atoms with Gasteiger partial charge in [0, 0.05) is 25.7 Å². The SMILES string of the molecule is O=S(=O)(NCC(c1cccc(F)c1)N1CCOCC1)c1ccc(Cl)s1. The number of sulfonamides is 1. The van der Waals surface area contributed by atoms with Gasteiger partial charge in [-0.25, -0.2) is 17.5 Å². The molecule has 1 N–H and O–H groups in total. The standard InChI is InChI=1S/C16H18ClFN2O3S2/c17-15-4-5-16(24-15)25(21,22)19-11-14(20-6-8-23-9-7-20)12-2-1-3-13(18)10-12/h1-5,10,14,19H,6-9,11H2. The van der Waals surface area contributed by atoms with Crippen molar-refractivity contribution in [3.05, 3.63) is 52.1 Å². The Morgan fingerprint density at radius 2 is 2.04 bits per heavy atom. The molecule has 0 aliphatic carbocycles. The van der Waals surface area contributed by atoms with Crippen molar-refractivity contribution in [3.63, 3.8) is 0 Å². The highest BCUT2D eigenvalue weighted by Gasteiger charge is 2.26. The minimum atomic E-state index is -3.66. The van der Waals surface area contributed by atoms with Crippen LogP contribution in [0.1, 0.15) is 11.6 Å². The lowest BCUT2D eigenvalue weighted by molar-refractivity contribution is 0.0171. The highest BCUT2D eigenvalue weighted by molar-refractivity contribution is 7.91. The van der Waals surface area contributed by atoms with Crippen molar-refractivity contribution in [2.45, 2.75) is 10.3 Å². The second kappa shape index (κ2) is 8.11. The van der Waals surface area contributed by atoms with E-state index in [1.807, 2.05) is 0 Å². The molecule has 1 atom stereocenters. The topological polar surface area (TPSA) is 58.6 Å². The fraction of sp³-hybridized carbons (Fsp3) is 0.375. The molecule has 1 aromatic heterocycles. The monoisotopic (exact) mass is 404 g/mol. The summed E-state index contributed by atoms with van der Waals surface area (Å²) >= 11 is 6.83. The normalized spacial score (nSPS) is 17.5. The largest absolute Gasteiger partial charge is 0.379 e. The van der Waals surface area contributed by atoms with Crippen molar-refractivity contribution < 1.29 is 17.5 Å². The Kier molecular flexibility index (Phi) is 6.08. The number of hydrogen-bond acceptors (Lipinski definition) is 5. The molecule has 0 radical (unpaired) electrons. The smallest absolute Gasteiger partial charge is 0.250 e. The highest BCUT2D eigenvalue weighted by atomic mass is 35.5. The van der Waals surface area contributed by atoms with Crippen LogP contribution < -0.4 is 4.72 Å². The Labute approximate surface area is 155 Å². The molecule has 1 fully saturated rings. The molecule has 9 heteroatoms. The molecule has 136 valence electrons. The molecule has 1 aliphatic rings. The summed E-state index contributed by atoms with van der Waals surface area (Å²) in [5, 5.41) is 0. The van der Waals surface area contributed by atoms with Crippen molar-refractivity contribution >= 4 is 33.0 Å². The summed E-state index contributed by atoms with van der Waals surface area (Å²) in [4.78, 5) is 2.10. The Morgan fingerprint density at radius 1 is 1.28 bits per heavy atom. The first-order chi connectivity index (χ1) is 12.0. The summed E-state index contributed by atoms with van der Waals surface area (Å²) in [7, 11) is -3.66. The van der Waals surface area contributed by atoms with Gasteiger partial charge < -0.3 is 4.74 Å². The van der Waals surface area contributed by atoms with Gasteiger partial charge in [-0.3, -0.25) is 4.90 Å². The van der Waals surface area contributed by atoms with E-state index in [2.05, 4.69) is 9.62 Å². The van der Waals surface area contributed by atoms with Crippen LogP contribution in [0.15, 0.2) is 40.6 Å². The van der Waals surface area contributed by atoms with Crippen LogP contribution in [0.4, 0.5) is 4.39 Å². The maximum atomic E-state index is 13.6. The van der Waals surface area contributed by atoms with Crippen molar-refractivity contribution in [2.24, 2.45) is 0 Å². The number of morpholine rings is 1. The molecule has 25 heavy (non-hydrogen) atoms. The zero-order chi connectivity index (χ0) is 17.9. The summed E-state index contributed by atoms with van der Waals surface area (Å²) in [6.07, 6.45) is 0. The van der Waals surface area contributed by atoms with Gasteiger partial charge in [-0.1, -0.05) is 23.7 Å². The predicted octanol–water partition coefficient (Wildman–Crippen LogP) is 2.89. The lowest BCUT2D eigenvalue weighted by Gasteiger charge is -2.34. The minimum Gasteiger partial charge on any atom is -0.379 e. The minimum absolute atomic E-state index is 0.140.